The molecule has 0 bridgehead atoms. The fourth-order valence-electron chi connectivity index (χ4n) is 3.06. The Morgan fingerprint density at radius 1 is 1.12 bits per heavy atom. The zero-order chi connectivity index (χ0) is 16.7. The summed E-state index contributed by atoms with van der Waals surface area (Å²) >= 11 is 0. The van der Waals surface area contributed by atoms with E-state index in [9.17, 15) is 4.39 Å². The van der Waals surface area contributed by atoms with E-state index in [1.807, 2.05) is 12.4 Å². The van der Waals surface area contributed by atoms with E-state index < -0.39 is 0 Å². The maximum atomic E-state index is 13.3. The quantitative estimate of drug-likeness (QED) is 0.800. The van der Waals surface area contributed by atoms with Gasteiger partial charge in [-0.1, -0.05) is 0 Å². The third kappa shape index (κ3) is 2.52. The molecule has 1 fully saturated rings. The molecule has 24 heavy (non-hydrogen) atoms. The molecule has 0 atom stereocenters. The van der Waals surface area contributed by atoms with Gasteiger partial charge in [0.15, 0.2) is 0 Å². The fraction of sp³-hybridized carbons (Fsp3) is 0.235. The number of rotatable bonds is 3. The van der Waals surface area contributed by atoms with Gasteiger partial charge in [-0.15, -0.1) is 0 Å². The predicted octanol–water partition coefficient (Wildman–Crippen LogP) is 2.21. The first kappa shape index (κ1) is 14.8. The molecule has 0 unspecified atom stereocenters. The lowest BCUT2D eigenvalue weighted by atomic mass is 10.1. The molecule has 2 N–H and O–H groups in total. The van der Waals surface area contributed by atoms with Crippen LogP contribution in [0.2, 0.25) is 0 Å². The van der Waals surface area contributed by atoms with Crippen LogP contribution in [0.15, 0.2) is 42.9 Å². The van der Waals surface area contributed by atoms with Crippen LogP contribution in [0.5, 0.6) is 0 Å². The Labute approximate surface area is 138 Å². The second-order valence-corrected chi connectivity index (χ2v) is 6.03. The molecule has 3 heterocycles. The van der Waals surface area contributed by atoms with Gasteiger partial charge in [0.05, 0.1) is 29.5 Å². The molecule has 0 amide bonds. The maximum Gasteiger partial charge on any atom is 0.220 e. The van der Waals surface area contributed by atoms with Gasteiger partial charge in [-0.2, -0.15) is 0 Å². The first-order chi connectivity index (χ1) is 11.6. The van der Waals surface area contributed by atoms with Crippen LogP contribution in [0.4, 0.5) is 10.3 Å². The standard InChI is InChI=1S/C17H17FN6/c1-23-8-13(9-23)24-10-21-15(11-2-4-12(18)5-3-11)16(24)14-6-7-20-17(19)22-14/h2-7,10,13H,8-9H2,1H3,(H2,19,20,22). The van der Waals surface area contributed by atoms with Gasteiger partial charge in [-0.3, -0.25) is 0 Å². The van der Waals surface area contributed by atoms with Crippen LogP contribution in [-0.2, 0) is 0 Å². The van der Waals surface area contributed by atoms with Gasteiger partial charge in [-0.25, -0.2) is 19.3 Å². The highest BCUT2D eigenvalue weighted by Crippen LogP contribution is 2.34. The number of nitrogen functional groups attached to an aromatic ring is 1. The molecule has 1 aliphatic rings. The molecule has 7 heteroatoms. The minimum Gasteiger partial charge on any atom is -0.368 e. The molecule has 0 aliphatic carbocycles. The van der Waals surface area contributed by atoms with E-state index in [1.54, 1.807) is 18.3 Å². The summed E-state index contributed by atoms with van der Waals surface area (Å²) in [5.41, 5.74) is 8.97. The Morgan fingerprint density at radius 2 is 1.88 bits per heavy atom. The lowest BCUT2D eigenvalue weighted by molar-refractivity contribution is 0.141. The number of aromatic nitrogens is 4. The summed E-state index contributed by atoms with van der Waals surface area (Å²) in [5, 5.41) is 0. The number of likely N-dealkylation sites (tertiary alicyclic amines) is 1. The molecule has 1 saturated heterocycles. The van der Waals surface area contributed by atoms with Gasteiger partial charge >= 0.3 is 0 Å². The van der Waals surface area contributed by atoms with Crippen LogP contribution >= 0.6 is 0 Å². The Hall–Kier alpha value is -2.80. The monoisotopic (exact) mass is 324 g/mol. The van der Waals surface area contributed by atoms with Crippen molar-refractivity contribution in [3.63, 3.8) is 0 Å². The SMILES string of the molecule is CN1CC(n2cnc(-c3ccc(F)cc3)c2-c2ccnc(N)n2)C1. The lowest BCUT2D eigenvalue weighted by Crippen LogP contribution is -2.44. The predicted molar refractivity (Wildman–Crippen MR) is 89.6 cm³/mol. The summed E-state index contributed by atoms with van der Waals surface area (Å²) in [6.07, 6.45) is 3.46. The van der Waals surface area contributed by atoms with Crippen LogP contribution in [0.25, 0.3) is 22.6 Å². The number of imidazole rings is 1. The van der Waals surface area contributed by atoms with Crippen molar-refractivity contribution < 1.29 is 4.39 Å². The van der Waals surface area contributed by atoms with Crippen molar-refractivity contribution in [2.75, 3.05) is 25.9 Å². The molecule has 122 valence electrons. The third-order valence-electron chi connectivity index (χ3n) is 4.27. The van der Waals surface area contributed by atoms with Gasteiger partial charge in [0.1, 0.15) is 5.82 Å². The fourth-order valence-corrected chi connectivity index (χ4v) is 3.06. The smallest absolute Gasteiger partial charge is 0.220 e. The van der Waals surface area contributed by atoms with Crippen LogP contribution < -0.4 is 5.73 Å². The van der Waals surface area contributed by atoms with E-state index in [-0.39, 0.29) is 11.8 Å². The zero-order valence-electron chi connectivity index (χ0n) is 13.2. The Balaban J connectivity index is 1.86. The molecule has 1 aromatic carbocycles. The van der Waals surface area contributed by atoms with E-state index in [0.717, 1.165) is 30.0 Å². The Bertz CT molecular complexity index is 867. The van der Waals surface area contributed by atoms with Crippen molar-refractivity contribution in [2.24, 2.45) is 0 Å². The number of halogens is 1. The summed E-state index contributed by atoms with van der Waals surface area (Å²) in [5.74, 6) is -0.0531. The summed E-state index contributed by atoms with van der Waals surface area (Å²) in [4.78, 5) is 15.1. The topological polar surface area (TPSA) is 72.9 Å². The molecule has 4 rings (SSSR count). The number of hydrogen-bond acceptors (Lipinski definition) is 5. The van der Waals surface area contributed by atoms with E-state index >= 15 is 0 Å². The van der Waals surface area contributed by atoms with E-state index in [4.69, 9.17) is 5.73 Å². The average Bonchev–Trinajstić information content (AvgIpc) is 2.97. The second-order valence-electron chi connectivity index (χ2n) is 6.03. The van der Waals surface area contributed by atoms with Gasteiger partial charge in [0, 0.05) is 24.8 Å². The normalized spacial score (nSPS) is 15.4. The van der Waals surface area contributed by atoms with Gasteiger partial charge in [0.2, 0.25) is 5.95 Å². The van der Waals surface area contributed by atoms with Gasteiger partial charge < -0.3 is 15.2 Å². The molecule has 6 nitrogen and oxygen atoms in total. The first-order valence-corrected chi connectivity index (χ1v) is 7.72. The van der Waals surface area contributed by atoms with Crippen LogP contribution in [-0.4, -0.2) is 44.6 Å². The number of nitrogens with zero attached hydrogens (tertiary/aromatic N) is 5. The highest BCUT2D eigenvalue weighted by molar-refractivity contribution is 5.77. The lowest BCUT2D eigenvalue weighted by Gasteiger charge is -2.37. The van der Waals surface area contributed by atoms with Crippen molar-refractivity contribution in [2.45, 2.75) is 6.04 Å². The second kappa shape index (κ2) is 5.68. The summed E-state index contributed by atoms with van der Waals surface area (Å²) in [7, 11) is 2.08. The number of nitrogens with two attached hydrogens (primary N) is 1. The maximum absolute atomic E-state index is 13.3. The molecular weight excluding hydrogens is 307 g/mol. The Kier molecular flexibility index (Phi) is 3.50. The largest absolute Gasteiger partial charge is 0.368 e. The average molecular weight is 324 g/mol. The number of hydrogen-bond donors (Lipinski definition) is 1. The number of anilines is 1. The van der Waals surface area contributed by atoms with E-state index in [1.165, 1.54) is 12.1 Å². The molecule has 3 aromatic rings. The van der Waals surface area contributed by atoms with Crippen LogP contribution in [0.3, 0.4) is 0 Å². The molecule has 0 spiro atoms. The van der Waals surface area contributed by atoms with Crippen molar-refractivity contribution in [3.05, 3.63) is 48.7 Å². The van der Waals surface area contributed by atoms with Crippen LogP contribution in [0, 0.1) is 5.82 Å². The minimum atomic E-state index is -0.272. The van der Waals surface area contributed by atoms with Gasteiger partial charge in [-0.05, 0) is 37.4 Å². The molecule has 2 aromatic heterocycles. The Morgan fingerprint density at radius 3 is 2.54 bits per heavy atom. The summed E-state index contributed by atoms with van der Waals surface area (Å²) in [6, 6.07) is 8.47. The zero-order valence-corrected chi connectivity index (χ0v) is 13.2. The molecule has 1 aliphatic heterocycles. The van der Waals surface area contributed by atoms with E-state index in [0.29, 0.717) is 11.7 Å². The number of likely N-dealkylation sites (N-methyl/N-ethyl adjacent to an activating group) is 1. The van der Waals surface area contributed by atoms with Crippen molar-refractivity contribution in [1.82, 2.24) is 24.4 Å². The first-order valence-electron chi connectivity index (χ1n) is 7.72. The van der Waals surface area contributed by atoms with Crippen molar-refractivity contribution in [1.29, 1.82) is 0 Å². The third-order valence-corrected chi connectivity index (χ3v) is 4.27. The number of benzene rings is 1. The van der Waals surface area contributed by atoms with E-state index in [2.05, 4.69) is 31.5 Å². The highest BCUT2D eigenvalue weighted by Gasteiger charge is 2.29. The molecule has 0 radical (unpaired) electrons. The molecule has 0 saturated carbocycles. The van der Waals surface area contributed by atoms with Crippen molar-refractivity contribution in [3.8, 4) is 22.6 Å². The van der Waals surface area contributed by atoms with Gasteiger partial charge in [0.25, 0.3) is 0 Å². The summed E-state index contributed by atoms with van der Waals surface area (Å²) < 4.78 is 15.4. The minimum absolute atomic E-state index is 0.219. The highest BCUT2D eigenvalue weighted by atomic mass is 19.1. The summed E-state index contributed by atoms with van der Waals surface area (Å²) in [6.45, 7) is 1.90. The van der Waals surface area contributed by atoms with Crippen LogP contribution in [0.1, 0.15) is 6.04 Å². The molecular formula is C17H17FN6. The van der Waals surface area contributed by atoms with Crippen molar-refractivity contribution >= 4 is 5.95 Å².